The summed E-state index contributed by atoms with van der Waals surface area (Å²) in [6, 6.07) is 6.54. The van der Waals surface area contributed by atoms with Crippen LogP contribution < -0.4 is 5.32 Å². The van der Waals surface area contributed by atoms with Gasteiger partial charge in [-0.3, -0.25) is 9.69 Å². The van der Waals surface area contributed by atoms with Crippen LogP contribution >= 0.6 is 0 Å². The van der Waals surface area contributed by atoms with Gasteiger partial charge in [0.1, 0.15) is 5.69 Å². The number of rotatable bonds is 3. The first-order chi connectivity index (χ1) is 12.5. The second-order valence-corrected chi connectivity index (χ2v) is 7.70. The second-order valence-electron chi connectivity index (χ2n) is 7.70. The summed E-state index contributed by atoms with van der Waals surface area (Å²) in [7, 11) is 2.15. The van der Waals surface area contributed by atoms with Crippen LogP contribution in [-0.2, 0) is 4.74 Å². The first-order valence-corrected chi connectivity index (χ1v) is 9.43. The smallest absolute Gasteiger partial charge is 0.268 e. The van der Waals surface area contributed by atoms with Crippen molar-refractivity contribution >= 4 is 16.8 Å². The number of ether oxygens (including phenoxy) is 1. The van der Waals surface area contributed by atoms with E-state index >= 15 is 0 Å². The van der Waals surface area contributed by atoms with Crippen molar-refractivity contribution in [2.45, 2.75) is 25.9 Å². The van der Waals surface area contributed by atoms with Crippen molar-refractivity contribution in [2.24, 2.45) is 0 Å². The predicted octanol–water partition coefficient (Wildman–Crippen LogP) is 1.53. The monoisotopic (exact) mass is 356 g/mol. The lowest BCUT2D eigenvalue weighted by atomic mass is 10.1. The van der Waals surface area contributed by atoms with E-state index in [-0.39, 0.29) is 18.0 Å². The molecule has 2 aromatic rings. The molecule has 2 aliphatic rings. The van der Waals surface area contributed by atoms with Crippen molar-refractivity contribution in [3.63, 3.8) is 0 Å². The molecule has 0 aliphatic carbocycles. The van der Waals surface area contributed by atoms with Gasteiger partial charge in [0.05, 0.1) is 25.3 Å². The normalized spacial score (nSPS) is 25.0. The minimum absolute atomic E-state index is 0.0361. The number of aromatic nitrogens is 1. The quantitative estimate of drug-likeness (QED) is 0.876. The third-order valence-corrected chi connectivity index (χ3v) is 5.81. The maximum absolute atomic E-state index is 12.9. The van der Waals surface area contributed by atoms with E-state index in [1.54, 1.807) is 0 Å². The number of nitrogens with zero attached hydrogens (tertiary/aromatic N) is 2. The number of likely N-dealkylation sites (N-methyl/N-ethyl adjacent to an activating group) is 1. The van der Waals surface area contributed by atoms with E-state index in [2.05, 4.69) is 46.2 Å². The van der Waals surface area contributed by atoms with Crippen molar-refractivity contribution in [2.75, 3.05) is 46.4 Å². The lowest BCUT2D eigenvalue weighted by Gasteiger charge is -2.38. The van der Waals surface area contributed by atoms with Gasteiger partial charge in [-0.25, -0.2) is 0 Å². The molecule has 3 heterocycles. The molecule has 26 heavy (non-hydrogen) atoms. The zero-order valence-corrected chi connectivity index (χ0v) is 15.8. The Bertz CT molecular complexity index is 807. The highest BCUT2D eigenvalue weighted by molar-refractivity contribution is 6.01. The van der Waals surface area contributed by atoms with E-state index < -0.39 is 0 Å². The molecule has 1 amide bonds. The molecule has 0 spiro atoms. The molecule has 2 aliphatic heterocycles. The molecule has 2 N–H and O–H groups in total. The van der Waals surface area contributed by atoms with Crippen molar-refractivity contribution in [3.8, 4) is 0 Å². The number of carbonyl (C=O) groups is 1. The number of aromatic amines is 1. The van der Waals surface area contributed by atoms with Gasteiger partial charge < -0.3 is 19.9 Å². The van der Waals surface area contributed by atoms with Gasteiger partial charge in [-0.15, -0.1) is 0 Å². The first-order valence-electron chi connectivity index (χ1n) is 9.43. The molecule has 6 heteroatoms. The average molecular weight is 356 g/mol. The number of H-pyrrole nitrogens is 1. The Hall–Kier alpha value is -1.89. The standard InChI is InChI=1S/C20H28N4O2/c1-13-4-5-16-15(10-13)14(2)19(21-16)20(25)22-17-11-26-12-18(17)24-8-6-23(3)7-9-24/h4-5,10,17-18,21H,6-9,11-12H2,1-3H3,(H,22,25)/t17-,18-/m1/s1. The van der Waals surface area contributed by atoms with E-state index in [9.17, 15) is 4.79 Å². The fourth-order valence-electron chi connectivity index (χ4n) is 4.10. The number of hydrogen-bond donors (Lipinski definition) is 2. The zero-order chi connectivity index (χ0) is 18.3. The van der Waals surface area contributed by atoms with Gasteiger partial charge in [0.25, 0.3) is 5.91 Å². The number of hydrogen-bond acceptors (Lipinski definition) is 4. The van der Waals surface area contributed by atoms with Crippen LogP contribution in [0.1, 0.15) is 21.6 Å². The van der Waals surface area contributed by atoms with E-state index in [1.807, 2.05) is 13.0 Å². The van der Waals surface area contributed by atoms with Crippen molar-refractivity contribution in [1.82, 2.24) is 20.1 Å². The zero-order valence-electron chi connectivity index (χ0n) is 15.8. The lowest BCUT2D eigenvalue weighted by Crippen LogP contribution is -2.56. The van der Waals surface area contributed by atoms with Crippen LogP contribution in [-0.4, -0.2) is 79.2 Å². The highest BCUT2D eigenvalue weighted by atomic mass is 16.5. The summed E-state index contributed by atoms with van der Waals surface area (Å²) in [5.74, 6) is -0.0361. The lowest BCUT2D eigenvalue weighted by molar-refractivity contribution is 0.0826. The molecule has 1 aromatic carbocycles. The van der Waals surface area contributed by atoms with Crippen LogP contribution in [0.15, 0.2) is 18.2 Å². The Balaban J connectivity index is 1.49. The van der Waals surface area contributed by atoms with E-state index in [0.29, 0.717) is 18.9 Å². The van der Waals surface area contributed by atoms with Gasteiger partial charge in [0.2, 0.25) is 0 Å². The summed E-state index contributed by atoms with van der Waals surface area (Å²) >= 11 is 0. The molecule has 140 valence electrons. The van der Waals surface area contributed by atoms with Crippen molar-refractivity contribution in [1.29, 1.82) is 0 Å². The Morgan fingerprint density at radius 2 is 1.96 bits per heavy atom. The molecule has 4 rings (SSSR count). The Labute approximate surface area is 154 Å². The second kappa shape index (κ2) is 7.02. The van der Waals surface area contributed by atoms with Crippen LogP contribution in [0.4, 0.5) is 0 Å². The molecule has 2 fully saturated rings. The van der Waals surface area contributed by atoms with Gasteiger partial charge in [-0.2, -0.15) is 0 Å². The van der Waals surface area contributed by atoms with E-state index in [1.165, 1.54) is 5.56 Å². The Morgan fingerprint density at radius 1 is 1.19 bits per heavy atom. The van der Waals surface area contributed by atoms with Crippen molar-refractivity contribution in [3.05, 3.63) is 35.0 Å². The van der Waals surface area contributed by atoms with Gasteiger partial charge in [0.15, 0.2) is 0 Å². The van der Waals surface area contributed by atoms with E-state index in [4.69, 9.17) is 4.74 Å². The van der Waals surface area contributed by atoms with Crippen LogP contribution in [0.25, 0.3) is 10.9 Å². The molecule has 0 bridgehead atoms. The summed E-state index contributed by atoms with van der Waals surface area (Å²) in [5.41, 5.74) is 3.88. The van der Waals surface area contributed by atoms with Crippen LogP contribution in [0.5, 0.6) is 0 Å². The van der Waals surface area contributed by atoms with Crippen LogP contribution in [0, 0.1) is 13.8 Å². The molecular formula is C20H28N4O2. The molecule has 0 unspecified atom stereocenters. The van der Waals surface area contributed by atoms with Gasteiger partial charge in [-0.1, -0.05) is 11.6 Å². The SMILES string of the molecule is Cc1ccc2[nH]c(C(=O)N[C@@H]3COC[C@H]3N3CCN(C)CC3)c(C)c2c1. The van der Waals surface area contributed by atoms with Crippen LogP contribution in [0.2, 0.25) is 0 Å². The number of benzene rings is 1. The summed E-state index contributed by atoms with van der Waals surface area (Å²) in [5, 5.41) is 4.34. The number of aryl methyl sites for hydroxylation is 2. The third kappa shape index (κ3) is 3.24. The summed E-state index contributed by atoms with van der Waals surface area (Å²) in [6.07, 6.45) is 0. The Kier molecular flexibility index (Phi) is 4.73. The summed E-state index contributed by atoms with van der Waals surface area (Å²) in [6.45, 7) is 9.55. The van der Waals surface area contributed by atoms with Gasteiger partial charge in [0, 0.05) is 37.1 Å². The molecule has 6 nitrogen and oxygen atoms in total. The molecule has 1 aromatic heterocycles. The minimum Gasteiger partial charge on any atom is -0.378 e. The number of piperazine rings is 1. The maximum atomic E-state index is 12.9. The molecule has 0 radical (unpaired) electrons. The highest BCUT2D eigenvalue weighted by Crippen LogP contribution is 2.23. The Morgan fingerprint density at radius 3 is 2.73 bits per heavy atom. The third-order valence-electron chi connectivity index (χ3n) is 5.81. The molecular weight excluding hydrogens is 328 g/mol. The highest BCUT2D eigenvalue weighted by Gasteiger charge is 2.35. The predicted molar refractivity (Wildman–Crippen MR) is 103 cm³/mol. The maximum Gasteiger partial charge on any atom is 0.268 e. The number of nitrogens with one attached hydrogen (secondary N) is 2. The average Bonchev–Trinajstić information content (AvgIpc) is 3.21. The van der Waals surface area contributed by atoms with Crippen molar-refractivity contribution < 1.29 is 9.53 Å². The number of fused-ring (bicyclic) bond motifs is 1. The topological polar surface area (TPSA) is 60.6 Å². The fourth-order valence-corrected chi connectivity index (χ4v) is 4.10. The fraction of sp³-hybridized carbons (Fsp3) is 0.550. The summed E-state index contributed by atoms with van der Waals surface area (Å²) < 4.78 is 5.71. The number of carbonyl (C=O) groups excluding carboxylic acids is 1. The first kappa shape index (κ1) is 17.5. The van der Waals surface area contributed by atoms with E-state index in [0.717, 1.165) is 42.6 Å². The molecule has 0 saturated carbocycles. The molecule has 2 atom stereocenters. The largest absolute Gasteiger partial charge is 0.378 e. The van der Waals surface area contributed by atoms with Gasteiger partial charge >= 0.3 is 0 Å². The number of amides is 1. The van der Waals surface area contributed by atoms with Gasteiger partial charge in [-0.05, 0) is 38.6 Å². The van der Waals surface area contributed by atoms with Crippen LogP contribution in [0.3, 0.4) is 0 Å². The minimum atomic E-state index is -0.0361. The summed E-state index contributed by atoms with van der Waals surface area (Å²) in [4.78, 5) is 21.0. The molecule has 2 saturated heterocycles.